The quantitative estimate of drug-likeness (QED) is 0.192. The van der Waals surface area contributed by atoms with Crippen molar-refractivity contribution in [2.24, 2.45) is 12.8 Å². The molecule has 1 aromatic heterocycles. The summed E-state index contributed by atoms with van der Waals surface area (Å²) >= 11 is 0. The van der Waals surface area contributed by atoms with Gasteiger partial charge in [0, 0.05) is 49.7 Å². The van der Waals surface area contributed by atoms with Crippen LogP contribution in [0.5, 0.6) is 0 Å². The summed E-state index contributed by atoms with van der Waals surface area (Å²) in [4.78, 5) is 19.1. The van der Waals surface area contributed by atoms with Crippen molar-refractivity contribution in [1.29, 1.82) is 0 Å². The smallest absolute Gasteiger partial charge is 0.280 e. The van der Waals surface area contributed by atoms with Crippen LogP contribution in [0.15, 0.2) is 84.3 Å². The van der Waals surface area contributed by atoms with Crippen molar-refractivity contribution in [3.63, 3.8) is 0 Å². The first-order chi connectivity index (χ1) is 19.9. The summed E-state index contributed by atoms with van der Waals surface area (Å²) in [5, 5.41) is 10.8. The maximum Gasteiger partial charge on any atom is 0.280 e. The van der Waals surface area contributed by atoms with Crippen molar-refractivity contribution in [2.45, 2.75) is 43.5 Å². The monoisotopic (exact) mass is 705 g/mol. The van der Waals surface area contributed by atoms with Crippen LogP contribution in [0.1, 0.15) is 34.0 Å². The van der Waals surface area contributed by atoms with E-state index < -0.39 is 39.7 Å². The molecule has 0 unspecified atom stereocenters. The molecule has 0 aliphatic rings. The first-order valence-electron chi connectivity index (χ1n) is 13.3. The lowest BCUT2D eigenvalue weighted by Gasteiger charge is -2.29. The Labute approximate surface area is 280 Å². The fourth-order valence-electron chi connectivity index (χ4n) is 4.52. The van der Waals surface area contributed by atoms with E-state index in [1.165, 1.54) is 40.2 Å². The highest BCUT2D eigenvalue weighted by molar-refractivity contribution is 7.92. The summed E-state index contributed by atoms with van der Waals surface area (Å²) < 4.78 is 56.8. The number of nitrogens with two attached hydrogens (primary N) is 1. The molecule has 0 aliphatic heterocycles. The van der Waals surface area contributed by atoms with Gasteiger partial charge in [0.25, 0.3) is 15.9 Å². The van der Waals surface area contributed by atoms with E-state index in [4.69, 9.17) is 5.73 Å². The number of aryl methyl sites for hydroxylation is 2. The van der Waals surface area contributed by atoms with Crippen LogP contribution in [0.25, 0.3) is 0 Å². The van der Waals surface area contributed by atoms with Gasteiger partial charge in [-0.3, -0.25) is 9.52 Å². The Morgan fingerprint density at radius 3 is 2.27 bits per heavy atom. The molecule has 1 heterocycles. The van der Waals surface area contributed by atoms with Crippen LogP contribution in [-0.4, -0.2) is 52.6 Å². The van der Waals surface area contributed by atoms with Gasteiger partial charge >= 0.3 is 0 Å². The largest absolute Gasteiger partial charge is 0.390 e. The topological polar surface area (TPSA) is 131 Å². The SMILES string of the molecule is CCc1cccc(CN(C[C@@H](O)[C@@H](N)Cc2cc(F)cc(F)c2)C(=O)c2cccc(NS(=O)(=O)c3cn(C)cn3)c2)c1.Cl.Cl.Cl. The number of hydrogen-bond acceptors (Lipinski definition) is 6. The van der Waals surface area contributed by atoms with Crippen LogP contribution in [0.2, 0.25) is 0 Å². The molecule has 15 heteroatoms. The second-order valence-electron chi connectivity index (χ2n) is 10.1. The summed E-state index contributed by atoms with van der Waals surface area (Å²) in [6.07, 6.45) is 2.25. The third kappa shape index (κ3) is 10.9. The Hall–Kier alpha value is -3.26. The lowest BCUT2D eigenvalue weighted by molar-refractivity contribution is 0.0554. The third-order valence-electron chi connectivity index (χ3n) is 6.67. The molecule has 1 amide bonds. The Kier molecular flexibility index (Phi) is 15.4. The maximum atomic E-state index is 13.8. The molecule has 0 saturated carbocycles. The van der Waals surface area contributed by atoms with Crippen LogP contribution in [-0.2, 0) is 36.5 Å². The number of carbonyl (C=O) groups is 1. The number of anilines is 1. The van der Waals surface area contributed by atoms with Gasteiger partial charge in [-0.25, -0.2) is 13.8 Å². The van der Waals surface area contributed by atoms with E-state index in [-0.39, 0.29) is 78.6 Å². The predicted octanol–water partition coefficient (Wildman–Crippen LogP) is 4.90. The van der Waals surface area contributed by atoms with Crippen molar-refractivity contribution >= 4 is 58.8 Å². The number of rotatable bonds is 12. The molecule has 4 N–H and O–H groups in total. The Balaban J connectivity index is 0.00000337. The normalized spacial score (nSPS) is 12.1. The molecule has 246 valence electrons. The van der Waals surface area contributed by atoms with Gasteiger partial charge in [0.15, 0.2) is 5.03 Å². The van der Waals surface area contributed by atoms with Crippen LogP contribution in [0.4, 0.5) is 14.5 Å². The highest BCUT2D eigenvalue weighted by atomic mass is 35.5. The fourth-order valence-corrected chi connectivity index (χ4v) is 5.55. The summed E-state index contributed by atoms with van der Waals surface area (Å²) in [5.41, 5.74) is 8.71. The van der Waals surface area contributed by atoms with E-state index in [0.717, 1.165) is 35.7 Å². The molecular formula is C30H36Cl3F2N5O4S. The molecule has 2 atom stereocenters. The lowest BCUT2D eigenvalue weighted by Crippen LogP contribution is -2.46. The minimum absolute atomic E-state index is 0. The fraction of sp³-hybridized carbons (Fsp3) is 0.267. The number of amides is 1. The van der Waals surface area contributed by atoms with Crippen LogP contribution < -0.4 is 10.5 Å². The number of aliphatic hydroxyl groups is 1. The number of benzene rings is 3. The average molecular weight is 707 g/mol. The van der Waals surface area contributed by atoms with Crippen molar-refractivity contribution in [2.75, 3.05) is 11.3 Å². The van der Waals surface area contributed by atoms with Gasteiger partial charge in [-0.05, 0) is 59.9 Å². The number of aromatic nitrogens is 2. The van der Waals surface area contributed by atoms with Gasteiger partial charge < -0.3 is 20.3 Å². The minimum atomic E-state index is -3.99. The second kappa shape index (κ2) is 17.4. The second-order valence-corrected chi connectivity index (χ2v) is 11.8. The first kappa shape index (κ1) is 39.8. The van der Waals surface area contributed by atoms with Gasteiger partial charge in [-0.2, -0.15) is 8.42 Å². The Morgan fingerprint density at radius 2 is 1.64 bits per heavy atom. The summed E-state index contributed by atoms with van der Waals surface area (Å²) in [5.74, 6) is -1.98. The van der Waals surface area contributed by atoms with E-state index in [9.17, 15) is 27.1 Å². The summed E-state index contributed by atoms with van der Waals surface area (Å²) in [6.45, 7) is 1.96. The van der Waals surface area contributed by atoms with Gasteiger partial charge in [-0.15, -0.1) is 37.2 Å². The van der Waals surface area contributed by atoms with E-state index >= 15 is 0 Å². The van der Waals surface area contributed by atoms with E-state index in [1.807, 2.05) is 31.2 Å². The molecular weight excluding hydrogens is 671 g/mol. The zero-order valence-corrected chi connectivity index (χ0v) is 27.7. The highest BCUT2D eigenvalue weighted by Crippen LogP contribution is 2.20. The Bertz CT molecular complexity index is 1660. The number of nitrogens with one attached hydrogen (secondary N) is 1. The van der Waals surface area contributed by atoms with Gasteiger partial charge in [-0.1, -0.05) is 37.3 Å². The number of carbonyl (C=O) groups excluding carboxylic acids is 1. The summed E-state index contributed by atoms with van der Waals surface area (Å²) in [6, 6.07) is 15.8. The third-order valence-corrected chi connectivity index (χ3v) is 7.94. The number of halogens is 5. The van der Waals surface area contributed by atoms with E-state index in [0.29, 0.717) is 0 Å². The van der Waals surface area contributed by atoms with E-state index in [2.05, 4.69) is 9.71 Å². The molecule has 9 nitrogen and oxygen atoms in total. The van der Waals surface area contributed by atoms with Crippen LogP contribution in [0, 0.1) is 11.6 Å². The maximum absolute atomic E-state index is 13.8. The number of sulfonamides is 1. The highest BCUT2D eigenvalue weighted by Gasteiger charge is 2.25. The molecule has 3 aromatic carbocycles. The first-order valence-corrected chi connectivity index (χ1v) is 14.8. The number of imidazole rings is 1. The van der Waals surface area contributed by atoms with Crippen molar-refractivity contribution in [3.8, 4) is 0 Å². The van der Waals surface area contributed by atoms with Gasteiger partial charge in [0.2, 0.25) is 0 Å². The molecule has 4 rings (SSSR count). The average Bonchev–Trinajstić information content (AvgIpc) is 3.39. The number of aliphatic hydroxyl groups excluding tert-OH is 1. The van der Waals surface area contributed by atoms with Crippen LogP contribution in [0.3, 0.4) is 0 Å². The molecule has 0 bridgehead atoms. The molecule has 45 heavy (non-hydrogen) atoms. The summed E-state index contributed by atoms with van der Waals surface area (Å²) in [7, 11) is -2.35. The molecule has 0 aliphatic carbocycles. The predicted molar refractivity (Wildman–Crippen MR) is 177 cm³/mol. The van der Waals surface area contributed by atoms with E-state index in [1.54, 1.807) is 13.1 Å². The van der Waals surface area contributed by atoms with Crippen molar-refractivity contribution in [3.05, 3.63) is 113 Å². The molecule has 0 radical (unpaired) electrons. The van der Waals surface area contributed by atoms with Gasteiger partial charge in [0.05, 0.1) is 12.4 Å². The molecule has 0 fully saturated rings. The zero-order valence-electron chi connectivity index (χ0n) is 24.5. The van der Waals surface area contributed by atoms with Gasteiger partial charge in [0.1, 0.15) is 11.6 Å². The van der Waals surface area contributed by atoms with Crippen molar-refractivity contribution in [1.82, 2.24) is 14.5 Å². The van der Waals surface area contributed by atoms with Crippen molar-refractivity contribution < 1.29 is 27.1 Å². The molecule has 0 spiro atoms. The Morgan fingerprint density at radius 1 is 1.00 bits per heavy atom. The number of hydrogen-bond donors (Lipinski definition) is 3. The minimum Gasteiger partial charge on any atom is -0.390 e. The van der Waals surface area contributed by atoms with Crippen LogP contribution >= 0.6 is 37.2 Å². The molecule has 4 aromatic rings. The molecule has 0 saturated heterocycles. The zero-order chi connectivity index (χ0) is 30.4. The number of nitrogens with zero attached hydrogens (tertiary/aromatic N) is 3. The standard InChI is InChI=1S/C30H33F2N5O4S.3ClH/c1-3-20-6-4-7-21(10-20)16-37(17-28(38)27(33)13-22-11-24(31)15-25(32)12-22)30(39)23-8-5-9-26(14-23)35-42(40,41)29-18-36(2)19-34-29;;;/h4-12,14-15,18-19,27-28,35,38H,3,13,16-17,33H2,1-2H3;3*1H/t27-,28+;;;/m0.../s1. The lowest BCUT2D eigenvalue weighted by atomic mass is 10.0.